The second-order valence-electron chi connectivity index (χ2n) is 4.80. The number of benzene rings is 1. The first kappa shape index (κ1) is 14.8. The molecule has 4 nitrogen and oxygen atoms in total. The van der Waals surface area contributed by atoms with Crippen LogP contribution in [0.4, 0.5) is 0 Å². The summed E-state index contributed by atoms with van der Waals surface area (Å²) in [6.07, 6.45) is 4.73. The predicted octanol–water partition coefficient (Wildman–Crippen LogP) is 2.42. The van der Waals surface area contributed by atoms with Crippen molar-refractivity contribution in [2.24, 2.45) is 0 Å². The van der Waals surface area contributed by atoms with Gasteiger partial charge in [-0.3, -0.25) is 0 Å². The Morgan fingerprint density at radius 2 is 2.05 bits per heavy atom. The van der Waals surface area contributed by atoms with Crippen molar-refractivity contribution in [3.63, 3.8) is 0 Å². The van der Waals surface area contributed by atoms with Gasteiger partial charge >= 0.3 is 0 Å². The molecule has 1 N–H and O–H groups in total. The van der Waals surface area contributed by atoms with Gasteiger partial charge in [-0.05, 0) is 19.5 Å². The molecule has 2 atom stereocenters. The van der Waals surface area contributed by atoms with Crippen LogP contribution in [0.5, 0.6) is 0 Å². The monoisotopic (exact) mass is 273 g/mol. The molecule has 0 aliphatic rings. The lowest BCUT2D eigenvalue weighted by atomic mass is 9.99. The van der Waals surface area contributed by atoms with Crippen molar-refractivity contribution in [2.45, 2.75) is 32.0 Å². The Morgan fingerprint density at radius 3 is 2.65 bits per heavy atom. The van der Waals surface area contributed by atoms with Crippen LogP contribution in [-0.4, -0.2) is 29.8 Å². The highest BCUT2D eigenvalue weighted by Crippen LogP contribution is 2.22. The number of hydrogen-bond donors (Lipinski definition) is 1. The third kappa shape index (κ3) is 3.26. The summed E-state index contributed by atoms with van der Waals surface area (Å²) in [5.74, 6) is 1.09. The average molecular weight is 273 g/mol. The maximum absolute atomic E-state index is 5.71. The van der Waals surface area contributed by atoms with E-state index < -0.39 is 0 Å². The van der Waals surface area contributed by atoms with Crippen LogP contribution < -0.4 is 5.32 Å². The van der Waals surface area contributed by atoms with Crippen molar-refractivity contribution >= 4 is 0 Å². The first-order chi connectivity index (χ1) is 9.80. The number of ether oxygens (including phenoxy) is 1. The Balaban J connectivity index is 2.18. The molecule has 0 amide bonds. The van der Waals surface area contributed by atoms with Crippen molar-refractivity contribution in [1.29, 1.82) is 0 Å². The first-order valence-corrected chi connectivity index (χ1v) is 7.05. The maximum atomic E-state index is 5.71. The molecule has 2 aromatic rings. The van der Waals surface area contributed by atoms with Gasteiger partial charge in [-0.25, -0.2) is 4.98 Å². The summed E-state index contributed by atoms with van der Waals surface area (Å²) in [5, 5.41) is 3.36. The molecule has 0 fully saturated rings. The third-order valence-electron chi connectivity index (χ3n) is 3.66. The van der Waals surface area contributed by atoms with E-state index in [0.717, 1.165) is 18.8 Å². The molecule has 108 valence electrons. The molecule has 1 heterocycles. The van der Waals surface area contributed by atoms with Gasteiger partial charge in [0.2, 0.25) is 0 Å². The van der Waals surface area contributed by atoms with Gasteiger partial charge in [-0.15, -0.1) is 0 Å². The van der Waals surface area contributed by atoms with Crippen molar-refractivity contribution in [2.75, 3.05) is 14.2 Å². The van der Waals surface area contributed by atoms with Gasteiger partial charge in [-0.1, -0.05) is 30.3 Å². The van der Waals surface area contributed by atoms with E-state index in [4.69, 9.17) is 4.74 Å². The molecule has 4 heteroatoms. The summed E-state index contributed by atoms with van der Waals surface area (Å²) < 4.78 is 7.88. The summed E-state index contributed by atoms with van der Waals surface area (Å²) in [4.78, 5) is 4.45. The number of likely N-dealkylation sites (N-methyl/N-ethyl adjacent to an activating group) is 1. The van der Waals surface area contributed by atoms with Gasteiger partial charge in [0.1, 0.15) is 5.82 Å². The number of nitrogens with zero attached hydrogens (tertiary/aromatic N) is 2. The normalized spacial score (nSPS) is 14.2. The quantitative estimate of drug-likeness (QED) is 0.842. The minimum Gasteiger partial charge on any atom is -0.375 e. The number of rotatable bonds is 7. The molecule has 0 saturated carbocycles. The fraction of sp³-hybridized carbons (Fsp3) is 0.438. The zero-order valence-corrected chi connectivity index (χ0v) is 12.4. The summed E-state index contributed by atoms with van der Waals surface area (Å²) in [5.41, 5.74) is 1.18. The van der Waals surface area contributed by atoms with Crippen LogP contribution in [0.2, 0.25) is 0 Å². The molecule has 0 saturated heterocycles. The Hall–Kier alpha value is -1.65. The molecule has 1 aromatic heterocycles. The van der Waals surface area contributed by atoms with Gasteiger partial charge in [0, 0.05) is 38.5 Å². The molecule has 2 rings (SSSR count). The van der Waals surface area contributed by atoms with E-state index in [9.17, 15) is 0 Å². The second kappa shape index (κ2) is 7.22. The van der Waals surface area contributed by atoms with Crippen LogP contribution in [0.3, 0.4) is 0 Å². The number of nitrogens with one attached hydrogen (secondary N) is 1. The minimum absolute atomic E-state index is 0.0169. The van der Waals surface area contributed by atoms with E-state index in [0.29, 0.717) is 0 Å². The van der Waals surface area contributed by atoms with E-state index in [1.54, 1.807) is 7.11 Å². The van der Waals surface area contributed by atoms with Crippen molar-refractivity contribution in [1.82, 2.24) is 14.9 Å². The van der Waals surface area contributed by atoms with Gasteiger partial charge in [0.15, 0.2) is 0 Å². The maximum Gasteiger partial charge on any atom is 0.110 e. The zero-order chi connectivity index (χ0) is 14.4. The standard InChI is InChI=1S/C16H23N3O/c1-4-19-11-10-18-15(19)12-14(17-2)16(20-3)13-8-6-5-7-9-13/h5-11,14,16-17H,4,12H2,1-3H3. The molecule has 20 heavy (non-hydrogen) atoms. The van der Waals surface area contributed by atoms with Crippen LogP contribution in [0.25, 0.3) is 0 Å². The number of imidazole rings is 1. The molecule has 0 bridgehead atoms. The summed E-state index contributed by atoms with van der Waals surface area (Å²) in [7, 11) is 3.73. The molecule has 1 aromatic carbocycles. The molecule has 0 aliphatic heterocycles. The van der Waals surface area contributed by atoms with Crippen LogP contribution in [-0.2, 0) is 17.7 Å². The lowest BCUT2D eigenvalue weighted by Crippen LogP contribution is -2.36. The number of methoxy groups -OCH3 is 1. The topological polar surface area (TPSA) is 39.1 Å². The lowest BCUT2D eigenvalue weighted by molar-refractivity contribution is 0.0695. The SMILES string of the molecule is CCn1ccnc1CC(NC)C(OC)c1ccccc1. The van der Waals surface area contributed by atoms with E-state index in [2.05, 4.69) is 33.9 Å². The van der Waals surface area contributed by atoms with E-state index >= 15 is 0 Å². The van der Waals surface area contributed by atoms with Crippen LogP contribution >= 0.6 is 0 Å². The molecule has 0 aliphatic carbocycles. The van der Waals surface area contributed by atoms with Gasteiger partial charge in [-0.2, -0.15) is 0 Å². The summed E-state index contributed by atoms with van der Waals surface area (Å²) in [6.45, 7) is 3.07. The van der Waals surface area contributed by atoms with Crippen LogP contribution in [0, 0.1) is 0 Å². The minimum atomic E-state index is 0.0169. The first-order valence-electron chi connectivity index (χ1n) is 7.05. The van der Waals surface area contributed by atoms with Crippen molar-refractivity contribution in [3.8, 4) is 0 Å². The molecule has 0 spiro atoms. The fourth-order valence-electron chi connectivity index (χ4n) is 2.55. The zero-order valence-electron chi connectivity index (χ0n) is 12.4. The summed E-state index contributed by atoms with van der Waals surface area (Å²) in [6, 6.07) is 10.5. The van der Waals surface area contributed by atoms with E-state index in [-0.39, 0.29) is 12.1 Å². The molecule has 0 radical (unpaired) electrons. The highest BCUT2D eigenvalue weighted by molar-refractivity contribution is 5.20. The van der Waals surface area contributed by atoms with Crippen LogP contribution in [0.1, 0.15) is 24.4 Å². The van der Waals surface area contributed by atoms with E-state index in [1.807, 2.05) is 37.6 Å². The highest BCUT2D eigenvalue weighted by atomic mass is 16.5. The van der Waals surface area contributed by atoms with Crippen molar-refractivity contribution in [3.05, 3.63) is 54.1 Å². The number of aryl methyl sites for hydroxylation is 1. The van der Waals surface area contributed by atoms with Gasteiger partial charge in [0.05, 0.1) is 6.10 Å². The Kier molecular flexibility index (Phi) is 5.32. The second-order valence-corrected chi connectivity index (χ2v) is 4.80. The fourth-order valence-corrected chi connectivity index (χ4v) is 2.55. The predicted molar refractivity (Wildman–Crippen MR) is 80.6 cm³/mol. The third-order valence-corrected chi connectivity index (χ3v) is 3.66. The Labute approximate surface area is 120 Å². The van der Waals surface area contributed by atoms with Crippen molar-refractivity contribution < 1.29 is 4.74 Å². The van der Waals surface area contributed by atoms with Gasteiger partial charge in [0.25, 0.3) is 0 Å². The van der Waals surface area contributed by atoms with Gasteiger partial charge < -0.3 is 14.6 Å². The largest absolute Gasteiger partial charge is 0.375 e. The van der Waals surface area contributed by atoms with E-state index in [1.165, 1.54) is 5.56 Å². The summed E-state index contributed by atoms with van der Waals surface area (Å²) >= 11 is 0. The Bertz CT molecular complexity index is 509. The number of aromatic nitrogens is 2. The highest BCUT2D eigenvalue weighted by Gasteiger charge is 2.23. The molecular formula is C16H23N3O. The smallest absolute Gasteiger partial charge is 0.110 e. The number of hydrogen-bond acceptors (Lipinski definition) is 3. The van der Waals surface area contributed by atoms with Crippen LogP contribution in [0.15, 0.2) is 42.7 Å². The lowest BCUT2D eigenvalue weighted by Gasteiger charge is -2.26. The molecular weight excluding hydrogens is 250 g/mol. The average Bonchev–Trinajstić information content (AvgIpc) is 2.95. The Morgan fingerprint density at radius 1 is 1.30 bits per heavy atom. The molecule has 2 unspecified atom stereocenters.